The molecule has 0 radical (unpaired) electrons. The molecule has 6 nitrogen and oxygen atoms in total. The number of hydrogen-bond donors (Lipinski definition) is 1. The summed E-state index contributed by atoms with van der Waals surface area (Å²) in [7, 11) is -3.61. The number of benzene rings is 1. The van der Waals surface area contributed by atoms with Crippen LogP contribution in [0.15, 0.2) is 44.4 Å². The second-order valence-corrected chi connectivity index (χ2v) is 7.98. The fourth-order valence-electron chi connectivity index (χ4n) is 3.11. The first-order valence-electron chi connectivity index (χ1n) is 7.67. The van der Waals surface area contributed by atoms with Crippen molar-refractivity contribution in [1.82, 2.24) is 4.31 Å². The summed E-state index contributed by atoms with van der Waals surface area (Å²) in [5.74, 6) is 0.473. The molecule has 0 aliphatic carbocycles. The van der Waals surface area contributed by atoms with Crippen LogP contribution in [0.25, 0.3) is 11.0 Å². The van der Waals surface area contributed by atoms with E-state index in [2.05, 4.69) is 6.92 Å². The van der Waals surface area contributed by atoms with Crippen molar-refractivity contribution < 1.29 is 12.8 Å². The molecule has 1 aromatic heterocycles. The number of fused-ring (bicyclic) bond motifs is 1. The highest BCUT2D eigenvalue weighted by atomic mass is 35.5. The Morgan fingerprint density at radius 1 is 1.29 bits per heavy atom. The zero-order chi connectivity index (χ0) is 16.6. The Hall–Kier alpha value is -1.41. The Bertz CT molecular complexity index is 881. The van der Waals surface area contributed by atoms with Crippen molar-refractivity contribution in [1.29, 1.82) is 0 Å². The van der Waals surface area contributed by atoms with Gasteiger partial charge in [-0.3, -0.25) is 0 Å². The van der Waals surface area contributed by atoms with Gasteiger partial charge >= 0.3 is 5.63 Å². The number of nitrogens with zero attached hydrogens (tertiary/aromatic N) is 1. The van der Waals surface area contributed by atoms with E-state index in [4.69, 9.17) is 10.2 Å². The maximum absolute atomic E-state index is 13.0. The number of piperidine rings is 1. The maximum atomic E-state index is 13.0. The van der Waals surface area contributed by atoms with Gasteiger partial charge in [-0.2, -0.15) is 4.31 Å². The number of rotatable bonds is 3. The van der Waals surface area contributed by atoms with Gasteiger partial charge in [-0.15, -0.1) is 12.4 Å². The second-order valence-electron chi connectivity index (χ2n) is 6.09. The highest BCUT2D eigenvalue weighted by Gasteiger charge is 2.35. The van der Waals surface area contributed by atoms with Gasteiger partial charge in [0, 0.05) is 30.6 Å². The van der Waals surface area contributed by atoms with Crippen molar-refractivity contribution in [2.24, 2.45) is 11.7 Å². The van der Waals surface area contributed by atoms with Crippen LogP contribution in [0.5, 0.6) is 0 Å². The van der Waals surface area contributed by atoms with Gasteiger partial charge in [0.25, 0.3) is 0 Å². The van der Waals surface area contributed by atoms with Gasteiger partial charge in [-0.05, 0) is 43.0 Å². The van der Waals surface area contributed by atoms with E-state index in [0.717, 1.165) is 12.8 Å². The molecule has 2 N–H and O–H groups in total. The molecule has 1 aromatic carbocycles. The maximum Gasteiger partial charge on any atom is 0.336 e. The van der Waals surface area contributed by atoms with Gasteiger partial charge < -0.3 is 10.2 Å². The largest absolute Gasteiger partial charge is 0.423 e. The van der Waals surface area contributed by atoms with Crippen LogP contribution in [0.3, 0.4) is 0 Å². The molecule has 2 unspecified atom stereocenters. The van der Waals surface area contributed by atoms with Crippen LogP contribution in [-0.4, -0.2) is 31.9 Å². The van der Waals surface area contributed by atoms with E-state index in [0.29, 0.717) is 30.0 Å². The fraction of sp³-hybridized carbons (Fsp3) is 0.438. The lowest BCUT2D eigenvalue weighted by Crippen LogP contribution is -2.49. The van der Waals surface area contributed by atoms with Gasteiger partial charge in [0.15, 0.2) is 0 Å². The standard InChI is InChI=1S/C16H20N2O4S.ClH/c1-11-6-7-18(13(8-11)10-17)23(20,21)14-3-4-15-12(9-14)2-5-16(19)22-15;/h2-5,9,11,13H,6-8,10,17H2,1H3;1H. The molecule has 2 heterocycles. The molecule has 0 saturated carbocycles. The molecule has 1 aliphatic rings. The van der Waals surface area contributed by atoms with Crippen molar-refractivity contribution in [3.8, 4) is 0 Å². The lowest BCUT2D eigenvalue weighted by Gasteiger charge is -2.36. The second kappa shape index (κ2) is 7.23. The van der Waals surface area contributed by atoms with Crippen molar-refractivity contribution in [2.75, 3.05) is 13.1 Å². The van der Waals surface area contributed by atoms with Gasteiger partial charge in [0.1, 0.15) is 5.58 Å². The van der Waals surface area contributed by atoms with E-state index in [1.807, 2.05) is 0 Å². The summed E-state index contributed by atoms with van der Waals surface area (Å²) in [5.41, 5.74) is 5.70. The van der Waals surface area contributed by atoms with Crippen molar-refractivity contribution in [3.05, 3.63) is 40.8 Å². The zero-order valence-corrected chi connectivity index (χ0v) is 15.0. The number of halogens is 1. The molecule has 0 spiro atoms. The summed E-state index contributed by atoms with van der Waals surface area (Å²) in [5, 5.41) is 0.584. The van der Waals surface area contributed by atoms with E-state index >= 15 is 0 Å². The Kier molecular flexibility index (Phi) is 5.70. The first kappa shape index (κ1) is 18.9. The molecule has 0 amide bonds. The Balaban J connectivity index is 0.00000208. The summed E-state index contributed by atoms with van der Waals surface area (Å²) in [4.78, 5) is 11.4. The average Bonchev–Trinajstić information content (AvgIpc) is 2.53. The normalized spacial score (nSPS) is 22.2. The van der Waals surface area contributed by atoms with Gasteiger partial charge in [-0.25, -0.2) is 13.2 Å². The molecule has 24 heavy (non-hydrogen) atoms. The van der Waals surface area contributed by atoms with E-state index in [1.165, 1.54) is 22.5 Å². The molecule has 3 rings (SSSR count). The molecule has 132 valence electrons. The third kappa shape index (κ3) is 3.49. The predicted octanol–water partition coefficient (Wildman–Crippen LogP) is 1.96. The number of sulfonamides is 1. The van der Waals surface area contributed by atoms with Crippen molar-refractivity contribution in [2.45, 2.75) is 30.7 Å². The van der Waals surface area contributed by atoms with Gasteiger partial charge in [0.05, 0.1) is 4.90 Å². The highest BCUT2D eigenvalue weighted by molar-refractivity contribution is 7.89. The lowest BCUT2D eigenvalue weighted by atomic mass is 9.94. The highest BCUT2D eigenvalue weighted by Crippen LogP contribution is 2.29. The van der Waals surface area contributed by atoms with Crippen LogP contribution in [-0.2, 0) is 10.0 Å². The molecular weight excluding hydrogens is 352 g/mol. The third-order valence-electron chi connectivity index (χ3n) is 4.39. The minimum absolute atomic E-state index is 0. The smallest absolute Gasteiger partial charge is 0.336 e. The summed E-state index contributed by atoms with van der Waals surface area (Å²) in [6, 6.07) is 7.22. The third-order valence-corrected chi connectivity index (χ3v) is 6.34. The van der Waals surface area contributed by atoms with Crippen LogP contribution < -0.4 is 11.4 Å². The van der Waals surface area contributed by atoms with Crippen LogP contribution >= 0.6 is 12.4 Å². The molecule has 2 aromatic rings. The molecule has 1 saturated heterocycles. The SMILES string of the molecule is CC1CCN(S(=O)(=O)c2ccc3oc(=O)ccc3c2)C(CN)C1.Cl. The van der Waals surface area contributed by atoms with Crippen molar-refractivity contribution in [3.63, 3.8) is 0 Å². The minimum atomic E-state index is -3.61. The van der Waals surface area contributed by atoms with Crippen LogP contribution in [0.2, 0.25) is 0 Å². The Labute approximate surface area is 147 Å². The number of hydrogen-bond acceptors (Lipinski definition) is 5. The topological polar surface area (TPSA) is 93.6 Å². The first-order chi connectivity index (χ1) is 10.9. The Morgan fingerprint density at radius 3 is 2.75 bits per heavy atom. The molecular formula is C16H21ClN2O4S. The first-order valence-corrected chi connectivity index (χ1v) is 9.11. The summed E-state index contributed by atoms with van der Waals surface area (Å²) in [6.07, 6.45) is 1.61. The molecule has 8 heteroatoms. The zero-order valence-electron chi connectivity index (χ0n) is 13.3. The predicted molar refractivity (Wildman–Crippen MR) is 94.9 cm³/mol. The van der Waals surface area contributed by atoms with Crippen molar-refractivity contribution >= 4 is 33.4 Å². The Morgan fingerprint density at radius 2 is 2.04 bits per heavy atom. The van der Waals surface area contributed by atoms with Crippen LogP contribution in [0, 0.1) is 5.92 Å². The molecule has 1 fully saturated rings. The van der Waals surface area contributed by atoms with Gasteiger partial charge in [0.2, 0.25) is 10.0 Å². The quantitative estimate of drug-likeness (QED) is 0.831. The number of nitrogens with two attached hydrogens (primary N) is 1. The summed E-state index contributed by atoms with van der Waals surface area (Å²) < 4.78 is 32.5. The summed E-state index contributed by atoms with van der Waals surface area (Å²) >= 11 is 0. The monoisotopic (exact) mass is 372 g/mol. The van der Waals surface area contributed by atoms with Crippen LogP contribution in [0.1, 0.15) is 19.8 Å². The van der Waals surface area contributed by atoms with Crippen LogP contribution in [0.4, 0.5) is 0 Å². The van der Waals surface area contributed by atoms with Gasteiger partial charge in [-0.1, -0.05) is 6.92 Å². The molecule has 1 aliphatic heterocycles. The van der Waals surface area contributed by atoms with E-state index < -0.39 is 15.6 Å². The average molecular weight is 373 g/mol. The fourth-order valence-corrected chi connectivity index (χ4v) is 4.80. The van der Waals surface area contributed by atoms with E-state index in [9.17, 15) is 13.2 Å². The minimum Gasteiger partial charge on any atom is -0.423 e. The lowest BCUT2D eigenvalue weighted by molar-refractivity contribution is 0.211. The molecule has 2 atom stereocenters. The molecule has 0 bridgehead atoms. The summed E-state index contributed by atoms with van der Waals surface area (Å²) in [6.45, 7) is 2.91. The van der Waals surface area contributed by atoms with E-state index in [1.54, 1.807) is 12.1 Å². The van der Waals surface area contributed by atoms with E-state index in [-0.39, 0.29) is 23.3 Å².